The number of hydrogen-bond acceptors (Lipinski definition) is 0. The van der Waals surface area contributed by atoms with Crippen LogP contribution in [0.25, 0.3) is 0 Å². The Morgan fingerprint density at radius 2 is 1.10 bits per heavy atom. The van der Waals surface area contributed by atoms with Gasteiger partial charge in [-0.2, -0.15) is 0 Å². The molecule has 0 aromatic rings. The van der Waals surface area contributed by atoms with Crippen LogP contribution in [0.1, 0.15) is 40.5 Å². The average Bonchev–Trinajstić information content (AvgIpc) is 1.91. The summed E-state index contributed by atoms with van der Waals surface area (Å²) in [5, 5.41) is 0. The molecule has 0 aliphatic carbocycles. The van der Waals surface area contributed by atoms with E-state index in [1.165, 1.54) is 21.8 Å². The molecule has 0 saturated carbocycles. The van der Waals surface area contributed by atoms with E-state index in [9.17, 15) is 0 Å². The van der Waals surface area contributed by atoms with E-state index in [0.29, 0.717) is 20.9 Å². The molecule has 0 aromatic heterocycles. The zero-order valence-corrected chi connectivity index (χ0v) is 13.2. The van der Waals surface area contributed by atoms with Gasteiger partial charge >= 0.3 is 43.7 Å². The summed E-state index contributed by atoms with van der Waals surface area (Å²) in [6.45, 7) is 8.90. The molecule has 0 aliphatic heterocycles. The van der Waals surface area contributed by atoms with E-state index in [0.717, 1.165) is 0 Å². The Hall–Kier alpha value is 1.41. The van der Waals surface area contributed by atoms with Crippen LogP contribution in [0.4, 0.5) is 0 Å². The van der Waals surface area contributed by atoms with Crippen molar-refractivity contribution >= 4 is 20.9 Å². The maximum Gasteiger partial charge on any atom is 0 e. The van der Waals surface area contributed by atoms with Crippen molar-refractivity contribution in [3.63, 3.8) is 0 Å². The van der Waals surface area contributed by atoms with Crippen LogP contribution in [0.2, 0.25) is 8.94 Å². The molecule has 60 valence electrons. The molecule has 0 aromatic carbocycles. The Morgan fingerprint density at radius 1 is 0.800 bits per heavy atom. The van der Waals surface area contributed by atoms with E-state index in [1.54, 1.807) is 0 Å². The largest absolute Gasteiger partial charge is 0 e. The predicted molar refractivity (Wildman–Crippen MR) is 47.3 cm³/mol. The maximum atomic E-state index is 2.27. The van der Waals surface area contributed by atoms with Gasteiger partial charge in [-0.05, 0) is 0 Å². The molecule has 0 atom stereocenters. The number of rotatable bonds is 3. The zero-order valence-electron chi connectivity index (χ0n) is 7.94. The predicted octanol–water partition coefficient (Wildman–Crippen LogP) is 3.37. The molecule has 0 nitrogen and oxygen atoms in total. The summed E-state index contributed by atoms with van der Waals surface area (Å²) in [5.41, 5.74) is 0. The van der Waals surface area contributed by atoms with Crippen LogP contribution in [0.15, 0.2) is 0 Å². The van der Waals surface area contributed by atoms with E-state index in [4.69, 9.17) is 0 Å². The van der Waals surface area contributed by atoms with Crippen molar-refractivity contribution in [1.82, 2.24) is 0 Å². The summed E-state index contributed by atoms with van der Waals surface area (Å²) < 4.78 is 2.95. The fourth-order valence-electron chi connectivity index (χ4n) is 0.204. The van der Waals surface area contributed by atoms with E-state index in [2.05, 4.69) is 27.7 Å². The molecule has 0 saturated heterocycles. The van der Waals surface area contributed by atoms with Crippen LogP contribution >= 0.6 is 0 Å². The third kappa shape index (κ3) is 34.2. The van der Waals surface area contributed by atoms with Crippen molar-refractivity contribution in [3.8, 4) is 0 Å². The number of hydrogen-bond donors (Lipinski definition) is 0. The monoisotopic (exact) mass is 310 g/mol. The minimum atomic E-state index is 0. The van der Waals surface area contributed by atoms with Gasteiger partial charge in [-0.15, -0.1) is 0 Å². The Bertz CT molecular complexity index is 28.4. The molecule has 0 spiro atoms. The van der Waals surface area contributed by atoms with E-state index >= 15 is 0 Å². The Kier molecular flexibility index (Phi) is 39.2. The van der Waals surface area contributed by atoms with Crippen LogP contribution in [0.3, 0.4) is 0 Å². The third-order valence-corrected chi connectivity index (χ3v) is 3.24. The molecule has 0 bridgehead atoms. The molecule has 2 heteroatoms. The second kappa shape index (κ2) is 22.4. The van der Waals surface area contributed by atoms with Gasteiger partial charge in [-0.25, -0.2) is 0 Å². The van der Waals surface area contributed by atoms with Crippen LogP contribution in [0, 0.1) is 0 Å². The normalized spacial score (nSPS) is 7.20. The fraction of sp³-hybridized carbons (Fsp3) is 1.00. The van der Waals surface area contributed by atoms with E-state index < -0.39 is 0 Å². The van der Waals surface area contributed by atoms with Gasteiger partial charge in [0.15, 0.2) is 0 Å². The summed E-state index contributed by atoms with van der Waals surface area (Å²) >= 11 is 0.493. The third-order valence-electron chi connectivity index (χ3n) is 0.908. The minimum absolute atomic E-state index is 0. The standard InChI is InChI=1S/C4H10Te.C4H10.Zn/c1-3-5-4-2;1-3-4-2;/h3-4H2,1-2H3;3-4H2,1-2H3;. The smallest absolute Gasteiger partial charge is 0 e. The minimum Gasteiger partial charge on any atom is 0 e. The topological polar surface area (TPSA) is 0 Å². The van der Waals surface area contributed by atoms with Gasteiger partial charge < -0.3 is 0 Å². The van der Waals surface area contributed by atoms with Gasteiger partial charge in [0.25, 0.3) is 0 Å². The van der Waals surface area contributed by atoms with Crippen molar-refractivity contribution in [2.45, 2.75) is 49.5 Å². The molecule has 0 fully saturated rings. The summed E-state index contributed by atoms with van der Waals surface area (Å²) in [4.78, 5) is 0. The zero-order chi connectivity index (χ0) is 7.54. The summed E-state index contributed by atoms with van der Waals surface area (Å²) in [6, 6.07) is 0. The SMILES string of the molecule is CCCC.CC[Te]CC.[Zn]. The quantitative estimate of drug-likeness (QED) is 0.701. The van der Waals surface area contributed by atoms with Gasteiger partial charge in [-0.3, -0.25) is 0 Å². The van der Waals surface area contributed by atoms with Crippen LogP contribution < -0.4 is 0 Å². The Balaban J connectivity index is -0.0000000910. The molecule has 0 heterocycles. The molecular formula is C8H20TeZn. The van der Waals surface area contributed by atoms with Gasteiger partial charge in [0.05, 0.1) is 0 Å². The van der Waals surface area contributed by atoms with E-state index in [-0.39, 0.29) is 19.5 Å². The van der Waals surface area contributed by atoms with Gasteiger partial charge in [0.1, 0.15) is 0 Å². The van der Waals surface area contributed by atoms with Crippen molar-refractivity contribution in [1.29, 1.82) is 0 Å². The van der Waals surface area contributed by atoms with Crippen molar-refractivity contribution in [3.05, 3.63) is 0 Å². The Labute approximate surface area is 89.4 Å². The second-order valence-electron chi connectivity index (χ2n) is 1.78. The molecule has 10 heavy (non-hydrogen) atoms. The number of unbranched alkanes of at least 4 members (excludes halogenated alkanes) is 1. The summed E-state index contributed by atoms with van der Waals surface area (Å²) in [5.74, 6) is 0. The maximum absolute atomic E-state index is 2.27. The first kappa shape index (κ1) is 17.5. The molecule has 0 radical (unpaired) electrons. The molecule has 0 unspecified atom stereocenters. The van der Waals surface area contributed by atoms with Gasteiger partial charge in [0.2, 0.25) is 0 Å². The average molecular weight is 309 g/mol. The Morgan fingerprint density at radius 3 is 1.10 bits per heavy atom. The van der Waals surface area contributed by atoms with E-state index in [1.807, 2.05) is 0 Å². The van der Waals surface area contributed by atoms with Crippen LogP contribution in [0.5, 0.6) is 0 Å². The first-order valence-electron chi connectivity index (χ1n) is 3.91. The van der Waals surface area contributed by atoms with Gasteiger partial charge in [-0.1, -0.05) is 26.7 Å². The second-order valence-corrected chi connectivity index (χ2v) is 6.24. The fourth-order valence-corrected chi connectivity index (χ4v) is 1.37. The van der Waals surface area contributed by atoms with Crippen LogP contribution in [-0.2, 0) is 19.5 Å². The van der Waals surface area contributed by atoms with Crippen molar-refractivity contribution < 1.29 is 19.5 Å². The molecular weight excluding hydrogens is 289 g/mol. The van der Waals surface area contributed by atoms with Gasteiger partial charge in [0, 0.05) is 19.5 Å². The van der Waals surface area contributed by atoms with Crippen LogP contribution in [-0.4, -0.2) is 20.9 Å². The molecule has 0 amide bonds. The van der Waals surface area contributed by atoms with Crippen molar-refractivity contribution in [2.75, 3.05) is 0 Å². The molecule has 0 rings (SSSR count). The summed E-state index contributed by atoms with van der Waals surface area (Å²) in [6.07, 6.45) is 2.64. The first-order chi connectivity index (χ1) is 4.33. The van der Waals surface area contributed by atoms with Crippen molar-refractivity contribution in [2.24, 2.45) is 0 Å². The molecule has 0 N–H and O–H groups in total. The molecule has 0 aliphatic rings. The summed E-state index contributed by atoms with van der Waals surface area (Å²) in [7, 11) is 0. The first-order valence-corrected chi connectivity index (χ1v) is 7.20.